The van der Waals surface area contributed by atoms with Crippen molar-refractivity contribution < 1.29 is 9.90 Å². The van der Waals surface area contributed by atoms with Gasteiger partial charge in [-0.1, -0.05) is 12.2 Å². The highest BCUT2D eigenvalue weighted by molar-refractivity contribution is 5.73. The van der Waals surface area contributed by atoms with Crippen LogP contribution >= 0.6 is 0 Å². The van der Waals surface area contributed by atoms with Crippen molar-refractivity contribution in [1.29, 1.82) is 0 Å². The maximum absolute atomic E-state index is 10.3. The lowest BCUT2D eigenvalue weighted by Crippen LogP contribution is -2.43. The smallest absolute Gasteiger partial charge is 0.321 e. The van der Waals surface area contributed by atoms with E-state index in [-0.39, 0.29) is 0 Å². The van der Waals surface area contributed by atoms with E-state index in [1.54, 1.807) is 0 Å². The Morgan fingerprint density at radius 1 is 1.67 bits per heavy atom. The topological polar surface area (TPSA) is 75.3 Å². The Morgan fingerprint density at radius 2 is 2.25 bits per heavy atom. The number of carboxylic acids is 1. The molecule has 0 aromatic heterocycles. The number of rotatable bonds is 4. The molecule has 0 bridgehead atoms. The van der Waals surface area contributed by atoms with E-state index in [2.05, 4.69) is 17.5 Å². The first-order valence-electron chi connectivity index (χ1n) is 4.07. The number of carboxylic acid groups (broad SMARTS) is 1. The van der Waals surface area contributed by atoms with Crippen LogP contribution in [0.25, 0.3) is 0 Å². The Morgan fingerprint density at radius 3 is 2.75 bits per heavy atom. The second-order valence-electron chi connectivity index (χ2n) is 2.99. The van der Waals surface area contributed by atoms with Crippen LogP contribution in [0.2, 0.25) is 0 Å². The van der Waals surface area contributed by atoms with Crippen LogP contribution in [-0.2, 0) is 4.79 Å². The minimum absolute atomic E-state index is 0.349. The summed E-state index contributed by atoms with van der Waals surface area (Å²) in [5, 5.41) is 11.6. The molecule has 0 aromatic carbocycles. The van der Waals surface area contributed by atoms with E-state index in [0.717, 1.165) is 12.8 Å². The fourth-order valence-electron chi connectivity index (χ4n) is 1.16. The quantitative estimate of drug-likeness (QED) is 0.507. The molecule has 1 aliphatic carbocycles. The fraction of sp³-hybridized carbons (Fsp3) is 0.625. The van der Waals surface area contributed by atoms with Crippen molar-refractivity contribution in [3.8, 4) is 0 Å². The molecule has 12 heavy (non-hydrogen) atoms. The van der Waals surface area contributed by atoms with Crippen molar-refractivity contribution in [2.75, 3.05) is 6.54 Å². The van der Waals surface area contributed by atoms with Crippen LogP contribution < -0.4 is 11.1 Å². The molecule has 0 saturated carbocycles. The second-order valence-corrected chi connectivity index (χ2v) is 2.99. The lowest BCUT2D eigenvalue weighted by atomic mass is 10.2. The van der Waals surface area contributed by atoms with Crippen molar-refractivity contribution in [1.82, 2.24) is 5.32 Å². The largest absolute Gasteiger partial charge is 0.480 e. The molecule has 4 nitrogen and oxygen atoms in total. The molecule has 0 spiro atoms. The summed E-state index contributed by atoms with van der Waals surface area (Å²) in [6.45, 7) is 0.349. The molecule has 68 valence electrons. The van der Waals surface area contributed by atoms with Crippen LogP contribution in [0.15, 0.2) is 12.2 Å². The maximum Gasteiger partial charge on any atom is 0.321 e. The third-order valence-electron chi connectivity index (χ3n) is 1.95. The highest BCUT2D eigenvalue weighted by Gasteiger charge is 2.14. The highest BCUT2D eigenvalue weighted by Crippen LogP contribution is 2.08. The number of hydrogen-bond acceptors (Lipinski definition) is 3. The number of nitrogens with one attached hydrogen (secondary N) is 1. The van der Waals surface area contributed by atoms with Gasteiger partial charge in [0.25, 0.3) is 0 Å². The molecule has 1 rings (SSSR count). The molecule has 0 aromatic rings. The average Bonchev–Trinajstić information content (AvgIpc) is 2.51. The number of nitrogens with two attached hydrogens (primary N) is 1. The summed E-state index contributed by atoms with van der Waals surface area (Å²) in [6, 6.07) is -0.402. The van der Waals surface area contributed by atoms with Crippen LogP contribution in [0.4, 0.5) is 0 Å². The third kappa shape index (κ3) is 2.64. The molecule has 0 radical (unpaired) electrons. The summed E-state index contributed by atoms with van der Waals surface area (Å²) in [6.07, 6.45) is 6.13. The molecular formula is C8H14N2O2. The summed E-state index contributed by atoms with van der Waals surface area (Å²) in [5.74, 6) is -0.951. The van der Waals surface area contributed by atoms with Gasteiger partial charge in [-0.3, -0.25) is 4.79 Å². The molecule has 0 fully saturated rings. The highest BCUT2D eigenvalue weighted by atomic mass is 16.4. The van der Waals surface area contributed by atoms with E-state index in [4.69, 9.17) is 10.8 Å². The summed E-state index contributed by atoms with van der Waals surface area (Å²) < 4.78 is 0. The lowest BCUT2D eigenvalue weighted by Gasteiger charge is -2.13. The first kappa shape index (κ1) is 9.22. The van der Waals surface area contributed by atoms with Crippen LogP contribution in [0.1, 0.15) is 12.8 Å². The first-order valence-corrected chi connectivity index (χ1v) is 4.07. The zero-order valence-electron chi connectivity index (χ0n) is 6.86. The zero-order chi connectivity index (χ0) is 8.97. The molecule has 4 heteroatoms. The average molecular weight is 170 g/mol. The zero-order valence-corrected chi connectivity index (χ0v) is 6.86. The van der Waals surface area contributed by atoms with Gasteiger partial charge in [0.2, 0.25) is 0 Å². The normalized spacial score (nSPS) is 19.8. The van der Waals surface area contributed by atoms with Crippen LogP contribution in [0.5, 0.6) is 0 Å². The predicted molar refractivity (Wildman–Crippen MR) is 45.8 cm³/mol. The Balaban J connectivity index is 2.12. The van der Waals surface area contributed by atoms with E-state index in [1.807, 2.05) is 0 Å². The van der Waals surface area contributed by atoms with Crippen molar-refractivity contribution in [3.05, 3.63) is 12.2 Å². The van der Waals surface area contributed by atoms with Gasteiger partial charge in [0.05, 0.1) is 0 Å². The molecule has 0 amide bonds. The summed E-state index contributed by atoms with van der Waals surface area (Å²) in [7, 11) is 0. The van der Waals surface area contributed by atoms with E-state index < -0.39 is 12.0 Å². The van der Waals surface area contributed by atoms with Crippen LogP contribution in [0, 0.1) is 0 Å². The Labute approximate surface area is 71.4 Å². The van der Waals surface area contributed by atoms with Crippen molar-refractivity contribution in [2.45, 2.75) is 24.9 Å². The summed E-state index contributed by atoms with van der Waals surface area (Å²) >= 11 is 0. The Hall–Kier alpha value is -0.870. The van der Waals surface area contributed by atoms with E-state index in [1.165, 1.54) is 0 Å². The van der Waals surface area contributed by atoms with Gasteiger partial charge in [-0.2, -0.15) is 0 Å². The van der Waals surface area contributed by atoms with Gasteiger partial charge >= 0.3 is 5.97 Å². The SMILES string of the molecule is NC(CNC1CC=CC1)C(=O)O. The predicted octanol–water partition coefficient (Wildman–Crippen LogP) is -0.293. The van der Waals surface area contributed by atoms with Crippen LogP contribution in [-0.4, -0.2) is 29.7 Å². The van der Waals surface area contributed by atoms with Crippen LogP contribution in [0.3, 0.4) is 0 Å². The van der Waals surface area contributed by atoms with Gasteiger partial charge in [-0.05, 0) is 12.8 Å². The number of carbonyl (C=O) groups is 1. The monoisotopic (exact) mass is 170 g/mol. The Kier molecular flexibility index (Phi) is 3.25. The van der Waals surface area contributed by atoms with E-state index >= 15 is 0 Å². The van der Waals surface area contributed by atoms with Gasteiger partial charge in [0, 0.05) is 12.6 Å². The summed E-state index contributed by atoms with van der Waals surface area (Å²) in [4.78, 5) is 10.3. The number of hydrogen-bond donors (Lipinski definition) is 3. The van der Waals surface area contributed by atoms with E-state index in [0.29, 0.717) is 12.6 Å². The molecule has 1 atom stereocenters. The standard InChI is InChI=1S/C8H14N2O2/c9-7(8(11)12)5-10-6-3-1-2-4-6/h1-2,6-7,10H,3-5,9H2,(H,11,12). The minimum Gasteiger partial charge on any atom is -0.480 e. The molecule has 4 N–H and O–H groups in total. The van der Waals surface area contributed by atoms with Gasteiger partial charge in [-0.25, -0.2) is 0 Å². The van der Waals surface area contributed by atoms with Gasteiger partial charge in [0.1, 0.15) is 6.04 Å². The molecule has 0 aliphatic heterocycles. The van der Waals surface area contributed by atoms with Crippen molar-refractivity contribution in [3.63, 3.8) is 0 Å². The van der Waals surface area contributed by atoms with Crippen molar-refractivity contribution >= 4 is 5.97 Å². The summed E-state index contributed by atoms with van der Waals surface area (Å²) in [5.41, 5.74) is 5.31. The molecule has 1 aliphatic rings. The fourth-order valence-corrected chi connectivity index (χ4v) is 1.16. The molecule has 0 heterocycles. The molecule has 1 unspecified atom stereocenters. The third-order valence-corrected chi connectivity index (χ3v) is 1.95. The van der Waals surface area contributed by atoms with Gasteiger partial charge in [-0.15, -0.1) is 0 Å². The number of aliphatic carboxylic acids is 1. The van der Waals surface area contributed by atoms with Crippen molar-refractivity contribution in [2.24, 2.45) is 5.73 Å². The maximum atomic E-state index is 10.3. The minimum atomic E-state index is -0.951. The molecular weight excluding hydrogens is 156 g/mol. The lowest BCUT2D eigenvalue weighted by molar-refractivity contribution is -0.138. The van der Waals surface area contributed by atoms with E-state index in [9.17, 15) is 4.79 Å². The Bertz CT molecular complexity index is 183. The first-order chi connectivity index (χ1) is 5.70. The second kappa shape index (κ2) is 4.23. The van der Waals surface area contributed by atoms with Gasteiger partial charge < -0.3 is 16.2 Å². The molecule has 0 saturated heterocycles. The van der Waals surface area contributed by atoms with Gasteiger partial charge in [0.15, 0.2) is 0 Å².